The van der Waals surface area contributed by atoms with Crippen molar-refractivity contribution in [1.29, 1.82) is 0 Å². The van der Waals surface area contributed by atoms with E-state index in [2.05, 4.69) is 13.8 Å². The number of ketones is 1. The van der Waals surface area contributed by atoms with E-state index in [1.54, 1.807) is 13.8 Å². The summed E-state index contributed by atoms with van der Waals surface area (Å²) in [5.74, 6) is 0.497. The topological polar surface area (TPSA) is 37.3 Å². The molecule has 96 valence electrons. The zero-order valence-corrected chi connectivity index (χ0v) is 11.4. The van der Waals surface area contributed by atoms with Gasteiger partial charge in [0.25, 0.3) is 0 Å². The Morgan fingerprint density at radius 3 is 2.71 bits per heavy atom. The van der Waals surface area contributed by atoms with Gasteiger partial charge in [-0.05, 0) is 56.9 Å². The average Bonchev–Trinajstić information content (AvgIpc) is 2.19. The molecule has 0 radical (unpaired) electrons. The SMILES string of the molecule is C[C@@H]1CCCC2=CC(=O)[C@@H](C(C)(C)O)C[C@]21C. The van der Waals surface area contributed by atoms with Crippen molar-refractivity contribution < 1.29 is 9.90 Å². The molecule has 0 aromatic rings. The first-order valence-electron chi connectivity index (χ1n) is 6.72. The number of carbonyl (C=O) groups is 1. The van der Waals surface area contributed by atoms with Crippen LogP contribution >= 0.6 is 0 Å². The molecule has 0 aliphatic heterocycles. The van der Waals surface area contributed by atoms with Gasteiger partial charge < -0.3 is 5.11 Å². The van der Waals surface area contributed by atoms with Gasteiger partial charge in [-0.15, -0.1) is 0 Å². The van der Waals surface area contributed by atoms with Crippen LogP contribution in [0.3, 0.4) is 0 Å². The Balaban J connectivity index is 2.37. The standard InChI is InChI=1S/C15H24O2/c1-10-6-5-7-11-8-13(16)12(14(2,3)17)9-15(10,11)4/h8,10,12,17H,5-7,9H2,1-4H3/t10-,12+,15+/m1/s1. The summed E-state index contributed by atoms with van der Waals surface area (Å²) in [7, 11) is 0. The van der Waals surface area contributed by atoms with E-state index in [0.29, 0.717) is 5.92 Å². The number of allylic oxidation sites excluding steroid dienone is 2. The summed E-state index contributed by atoms with van der Waals surface area (Å²) >= 11 is 0. The minimum absolute atomic E-state index is 0.122. The number of hydrogen-bond donors (Lipinski definition) is 1. The van der Waals surface area contributed by atoms with Crippen molar-refractivity contribution in [2.24, 2.45) is 17.3 Å². The number of aliphatic hydroxyl groups is 1. The van der Waals surface area contributed by atoms with Gasteiger partial charge in [0, 0.05) is 0 Å². The maximum atomic E-state index is 12.1. The van der Waals surface area contributed by atoms with Crippen molar-refractivity contribution in [1.82, 2.24) is 0 Å². The third-order valence-electron chi connectivity index (χ3n) is 5.05. The molecule has 17 heavy (non-hydrogen) atoms. The largest absolute Gasteiger partial charge is 0.390 e. The molecule has 2 aliphatic rings. The van der Waals surface area contributed by atoms with Gasteiger partial charge >= 0.3 is 0 Å². The molecular weight excluding hydrogens is 212 g/mol. The third-order valence-corrected chi connectivity index (χ3v) is 5.05. The first kappa shape index (κ1) is 12.8. The first-order valence-corrected chi connectivity index (χ1v) is 6.72. The molecule has 1 fully saturated rings. The fourth-order valence-electron chi connectivity index (χ4n) is 3.48. The molecule has 0 aromatic carbocycles. The molecule has 2 heteroatoms. The normalized spacial score (nSPS) is 38.6. The van der Waals surface area contributed by atoms with Crippen LogP contribution in [0.15, 0.2) is 11.6 Å². The molecule has 2 aliphatic carbocycles. The second-order valence-electron chi connectivity index (χ2n) is 6.69. The van der Waals surface area contributed by atoms with E-state index < -0.39 is 5.60 Å². The second-order valence-corrected chi connectivity index (χ2v) is 6.69. The van der Waals surface area contributed by atoms with E-state index in [1.165, 1.54) is 18.4 Å². The van der Waals surface area contributed by atoms with Gasteiger partial charge in [-0.2, -0.15) is 0 Å². The van der Waals surface area contributed by atoms with E-state index in [9.17, 15) is 9.90 Å². The van der Waals surface area contributed by atoms with Gasteiger partial charge in [-0.25, -0.2) is 0 Å². The highest BCUT2D eigenvalue weighted by molar-refractivity contribution is 5.94. The maximum absolute atomic E-state index is 12.1. The highest BCUT2D eigenvalue weighted by atomic mass is 16.3. The zero-order chi connectivity index (χ0) is 12.8. The van der Waals surface area contributed by atoms with E-state index in [0.717, 1.165) is 12.8 Å². The van der Waals surface area contributed by atoms with Gasteiger partial charge in [-0.1, -0.05) is 19.4 Å². The second kappa shape index (κ2) is 3.94. The lowest BCUT2D eigenvalue weighted by Crippen LogP contribution is -2.46. The quantitative estimate of drug-likeness (QED) is 0.759. The average molecular weight is 236 g/mol. The highest BCUT2D eigenvalue weighted by Crippen LogP contribution is 2.52. The summed E-state index contributed by atoms with van der Waals surface area (Å²) in [5, 5.41) is 10.2. The number of carbonyl (C=O) groups excluding carboxylic acids is 1. The highest BCUT2D eigenvalue weighted by Gasteiger charge is 2.47. The Morgan fingerprint density at radius 2 is 2.12 bits per heavy atom. The molecule has 0 saturated heterocycles. The Kier molecular flexibility index (Phi) is 2.97. The molecule has 0 amide bonds. The van der Waals surface area contributed by atoms with Crippen molar-refractivity contribution in [3.8, 4) is 0 Å². The van der Waals surface area contributed by atoms with Crippen LogP contribution in [-0.2, 0) is 4.79 Å². The van der Waals surface area contributed by atoms with Crippen LogP contribution < -0.4 is 0 Å². The summed E-state index contributed by atoms with van der Waals surface area (Å²) in [6.45, 7) is 8.06. The van der Waals surface area contributed by atoms with Gasteiger partial charge in [0.2, 0.25) is 0 Å². The lowest BCUT2D eigenvalue weighted by atomic mass is 9.56. The molecule has 1 N–H and O–H groups in total. The molecule has 2 rings (SSSR count). The van der Waals surface area contributed by atoms with Crippen LogP contribution in [0.2, 0.25) is 0 Å². The Bertz CT molecular complexity index is 362. The van der Waals surface area contributed by atoms with E-state index in [4.69, 9.17) is 0 Å². The van der Waals surface area contributed by atoms with Crippen molar-refractivity contribution in [3.63, 3.8) is 0 Å². The molecule has 0 bridgehead atoms. The molecule has 0 aromatic heterocycles. The van der Waals surface area contributed by atoms with Gasteiger partial charge in [0.05, 0.1) is 11.5 Å². The summed E-state index contributed by atoms with van der Waals surface area (Å²) in [5.41, 5.74) is 0.539. The summed E-state index contributed by atoms with van der Waals surface area (Å²) in [4.78, 5) is 12.1. The smallest absolute Gasteiger partial charge is 0.161 e. The molecule has 0 spiro atoms. The number of rotatable bonds is 1. The van der Waals surface area contributed by atoms with Crippen LogP contribution in [0.5, 0.6) is 0 Å². The predicted molar refractivity (Wildman–Crippen MR) is 68.6 cm³/mol. The zero-order valence-electron chi connectivity index (χ0n) is 11.4. The fraction of sp³-hybridized carbons (Fsp3) is 0.800. The van der Waals surface area contributed by atoms with Gasteiger partial charge in [-0.3, -0.25) is 4.79 Å². The summed E-state index contributed by atoms with van der Waals surface area (Å²) < 4.78 is 0. The first-order chi connectivity index (χ1) is 7.75. The van der Waals surface area contributed by atoms with Crippen LogP contribution in [0.25, 0.3) is 0 Å². The minimum Gasteiger partial charge on any atom is -0.390 e. The Labute approximate surface area is 104 Å². The molecule has 3 atom stereocenters. The molecule has 0 heterocycles. The van der Waals surface area contributed by atoms with E-state index in [-0.39, 0.29) is 17.1 Å². The third kappa shape index (κ3) is 2.08. The maximum Gasteiger partial charge on any atom is 0.161 e. The van der Waals surface area contributed by atoms with Crippen LogP contribution in [-0.4, -0.2) is 16.5 Å². The predicted octanol–water partition coefficient (Wildman–Crippen LogP) is 3.10. The van der Waals surface area contributed by atoms with Gasteiger partial charge in [0.1, 0.15) is 0 Å². The van der Waals surface area contributed by atoms with Crippen LogP contribution in [0, 0.1) is 17.3 Å². The minimum atomic E-state index is -0.903. The van der Waals surface area contributed by atoms with Crippen LogP contribution in [0.4, 0.5) is 0 Å². The lowest BCUT2D eigenvalue weighted by molar-refractivity contribution is -0.129. The number of hydrogen-bond acceptors (Lipinski definition) is 2. The van der Waals surface area contributed by atoms with Crippen molar-refractivity contribution in [2.75, 3.05) is 0 Å². The Morgan fingerprint density at radius 1 is 1.47 bits per heavy atom. The Hall–Kier alpha value is -0.630. The van der Waals surface area contributed by atoms with Crippen LogP contribution in [0.1, 0.15) is 53.4 Å². The van der Waals surface area contributed by atoms with E-state index in [1.807, 2.05) is 6.08 Å². The molecule has 0 unspecified atom stereocenters. The molecular formula is C15H24O2. The van der Waals surface area contributed by atoms with Gasteiger partial charge in [0.15, 0.2) is 5.78 Å². The van der Waals surface area contributed by atoms with Crippen molar-refractivity contribution in [2.45, 2.75) is 59.0 Å². The summed E-state index contributed by atoms with van der Waals surface area (Å²) in [6, 6.07) is 0. The monoisotopic (exact) mass is 236 g/mol. The molecule has 1 saturated carbocycles. The lowest BCUT2D eigenvalue weighted by Gasteiger charge is -2.48. The van der Waals surface area contributed by atoms with Crippen molar-refractivity contribution in [3.05, 3.63) is 11.6 Å². The van der Waals surface area contributed by atoms with E-state index >= 15 is 0 Å². The summed E-state index contributed by atoms with van der Waals surface area (Å²) in [6.07, 6.45) is 6.14. The fourth-order valence-corrected chi connectivity index (χ4v) is 3.48. The molecule has 2 nitrogen and oxygen atoms in total. The number of fused-ring (bicyclic) bond motifs is 1. The van der Waals surface area contributed by atoms with Crippen molar-refractivity contribution >= 4 is 5.78 Å².